The number of rotatable bonds is 20. The van der Waals surface area contributed by atoms with E-state index in [4.69, 9.17) is 5.73 Å². The van der Waals surface area contributed by atoms with Crippen LogP contribution in [0.4, 0.5) is 0 Å². The van der Waals surface area contributed by atoms with E-state index in [-0.39, 0.29) is 68.5 Å². The number of nitrogens with two attached hydrogens (primary N) is 1. The molecule has 18 nitrogen and oxygen atoms in total. The van der Waals surface area contributed by atoms with Crippen molar-refractivity contribution >= 4 is 41.4 Å². The van der Waals surface area contributed by atoms with Crippen LogP contribution in [0.3, 0.4) is 0 Å². The van der Waals surface area contributed by atoms with Gasteiger partial charge in [-0.2, -0.15) is 0 Å². The molecule has 2 aromatic carbocycles. The minimum absolute atomic E-state index is 0.000722. The number of hydrogen-bond donors (Lipinski definition) is 9. The van der Waals surface area contributed by atoms with E-state index in [1.165, 1.54) is 34.1 Å². The number of aliphatic hydroxyl groups is 1. The van der Waals surface area contributed by atoms with E-state index in [0.29, 0.717) is 30.4 Å². The molecule has 0 spiro atoms. The van der Waals surface area contributed by atoms with Crippen molar-refractivity contribution in [2.45, 2.75) is 121 Å². The Morgan fingerprint density at radius 3 is 1.59 bits per heavy atom. The molecule has 0 saturated carbocycles. The Bertz CT molecular complexity index is 1860. The first-order valence-corrected chi connectivity index (χ1v) is 20.9. The van der Waals surface area contributed by atoms with Crippen LogP contribution in [0.25, 0.3) is 0 Å². The number of nitrogens with one attached hydrogen (secondary N) is 4. The largest absolute Gasteiger partial charge is 0.508 e. The molecule has 6 amide bonds. The summed E-state index contributed by atoms with van der Waals surface area (Å²) in [5, 5.41) is 49.6. The standard InChI is InChI=1S/C43H61N7O11/c1-5-25(4)36(48-37(54)30(44)23-51)40(57)46-31(20-24(2)3)41(58)49-18-6-8-34(49)38(55)45-32(21-26-10-14-28(52)15-11-26)42(59)50-19-7-9-35(50)39(56)47-33(43(60)61)22-27-12-16-29(53)17-13-27/h10-17,24-25,30-36,51-53H,5-9,18-23,44H2,1-4H3,(H,45,55)(H,46,57)(H,47,56)(H,48,54)(H,60,61)/t25-,30-,31-,32-,33-,34-,35-,36-/m0/s1. The molecule has 2 fully saturated rings. The average molecular weight is 852 g/mol. The predicted molar refractivity (Wildman–Crippen MR) is 222 cm³/mol. The summed E-state index contributed by atoms with van der Waals surface area (Å²) in [6, 6.07) is 3.95. The molecule has 61 heavy (non-hydrogen) atoms. The number of benzene rings is 2. The van der Waals surface area contributed by atoms with Crippen LogP contribution in [0.2, 0.25) is 0 Å². The smallest absolute Gasteiger partial charge is 0.326 e. The predicted octanol–water partition coefficient (Wildman–Crippen LogP) is 0.301. The van der Waals surface area contributed by atoms with Gasteiger partial charge in [0.1, 0.15) is 53.8 Å². The molecular weight excluding hydrogens is 791 g/mol. The van der Waals surface area contributed by atoms with Gasteiger partial charge in [-0.15, -0.1) is 0 Å². The van der Waals surface area contributed by atoms with Crippen LogP contribution in [-0.4, -0.2) is 134 Å². The maximum absolute atomic E-state index is 14.4. The number of aliphatic hydroxyl groups excluding tert-OH is 1. The van der Waals surface area contributed by atoms with Gasteiger partial charge in [-0.25, -0.2) is 4.79 Å². The van der Waals surface area contributed by atoms with Crippen LogP contribution in [0.5, 0.6) is 11.5 Å². The molecule has 0 radical (unpaired) electrons. The summed E-state index contributed by atoms with van der Waals surface area (Å²) in [4.78, 5) is 97.8. The molecule has 334 valence electrons. The number of aliphatic carboxylic acids is 1. The molecule has 2 aliphatic rings. The average Bonchev–Trinajstić information content (AvgIpc) is 3.93. The van der Waals surface area contributed by atoms with Crippen LogP contribution in [0, 0.1) is 11.8 Å². The third-order valence-corrected chi connectivity index (χ3v) is 11.3. The number of hydrogen-bond acceptors (Lipinski definition) is 11. The number of likely N-dealkylation sites (tertiary alicyclic amines) is 2. The summed E-state index contributed by atoms with van der Waals surface area (Å²) in [5.41, 5.74) is 6.83. The first-order chi connectivity index (χ1) is 28.9. The van der Waals surface area contributed by atoms with Gasteiger partial charge in [0.2, 0.25) is 35.4 Å². The van der Waals surface area contributed by atoms with Crippen molar-refractivity contribution in [3.05, 3.63) is 59.7 Å². The molecule has 4 rings (SSSR count). The normalized spacial score (nSPS) is 19.3. The Hall–Kier alpha value is -5.75. The fraction of sp³-hybridized carbons (Fsp3) is 0.558. The summed E-state index contributed by atoms with van der Waals surface area (Å²) < 4.78 is 0. The molecule has 0 aliphatic carbocycles. The van der Waals surface area contributed by atoms with E-state index in [0.717, 1.165) is 0 Å². The fourth-order valence-electron chi connectivity index (χ4n) is 7.68. The van der Waals surface area contributed by atoms with Gasteiger partial charge >= 0.3 is 5.97 Å². The molecule has 0 aromatic heterocycles. The van der Waals surface area contributed by atoms with Gasteiger partial charge < -0.3 is 57.2 Å². The van der Waals surface area contributed by atoms with E-state index in [1.54, 1.807) is 31.2 Å². The lowest BCUT2D eigenvalue weighted by atomic mass is 9.96. The van der Waals surface area contributed by atoms with Crippen molar-refractivity contribution in [3.63, 3.8) is 0 Å². The number of nitrogens with zero attached hydrogens (tertiary/aromatic N) is 2. The molecule has 2 saturated heterocycles. The van der Waals surface area contributed by atoms with Crippen LogP contribution in [-0.2, 0) is 46.4 Å². The highest BCUT2D eigenvalue weighted by atomic mass is 16.4. The van der Waals surface area contributed by atoms with Gasteiger partial charge in [0.05, 0.1) is 6.61 Å². The van der Waals surface area contributed by atoms with E-state index in [9.17, 15) is 54.0 Å². The minimum Gasteiger partial charge on any atom is -0.508 e. The van der Waals surface area contributed by atoms with Crippen LogP contribution in [0.15, 0.2) is 48.5 Å². The number of carboxylic acid groups (broad SMARTS) is 1. The van der Waals surface area contributed by atoms with Crippen molar-refractivity contribution in [2.75, 3.05) is 19.7 Å². The van der Waals surface area contributed by atoms with Crippen LogP contribution in [0.1, 0.15) is 77.3 Å². The zero-order valence-corrected chi connectivity index (χ0v) is 35.2. The van der Waals surface area contributed by atoms with Crippen molar-refractivity contribution in [3.8, 4) is 11.5 Å². The van der Waals surface area contributed by atoms with Crippen molar-refractivity contribution in [1.82, 2.24) is 31.1 Å². The molecule has 0 bridgehead atoms. The summed E-state index contributed by atoms with van der Waals surface area (Å²) in [7, 11) is 0. The lowest BCUT2D eigenvalue weighted by Gasteiger charge is -2.33. The van der Waals surface area contributed by atoms with E-state index >= 15 is 0 Å². The lowest BCUT2D eigenvalue weighted by molar-refractivity contribution is -0.145. The highest BCUT2D eigenvalue weighted by Gasteiger charge is 2.43. The number of phenols is 2. The molecule has 18 heteroatoms. The number of phenolic OH excluding ortho intramolecular Hbond substituents is 2. The topological polar surface area (TPSA) is 281 Å². The maximum atomic E-state index is 14.4. The quantitative estimate of drug-likeness (QED) is 0.0871. The first kappa shape index (κ1) is 47.9. The van der Waals surface area contributed by atoms with Gasteiger partial charge in [-0.3, -0.25) is 28.8 Å². The first-order valence-electron chi connectivity index (χ1n) is 20.9. The number of carboxylic acids is 1. The number of aromatic hydroxyl groups is 2. The van der Waals surface area contributed by atoms with Gasteiger partial charge in [0.15, 0.2) is 0 Å². The molecule has 2 aliphatic heterocycles. The Kier molecular flexibility index (Phi) is 17.4. The van der Waals surface area contributed by atoms with Gasteiger partial charge in [0, 0.05) is 25.9 Å². The third kappa shape index (κ3) is 13.1. The Morgan fingerprint density at radius 1 is 0.689 bits per heavy atom. The summed E-state index contributed by atoms with van der Waals surface area (Å²) in [6.07, 6.45) is 1.99. The third-order valence-electron chi connectivity index (χ3n) is 11.3. The number of carbonyl (C=O) groups excluding carboxylic acids is 6. The van der Waals surface area contributed by atoms with Gasteiger partial charge in [-0.1, -0.05) is 58.4 Å². The summed E-state index contributed by atoms with van der Waals surface area (Å²) >= 11 is 0. The Morgan fingerprint density at radius 2 is 1.15 bits per heavy atom. The van der Waals surface area contributed by atoms with E-state index in [1.807, 2.05) is 20.8 Å². The van der Waals surface area contributed by atoms with Gasteiger partial charge in [-0.05, 0) is 79.3 Å². The second-order valence-corrected chi connectivity index (χ2v) is 16.4. The summed E-state index contributed by atoms with van der Waals surface area (Å²) in [5.74, 6) is -5.48. The van der Waals surface area contributed by atoms with Crippen LogP contribution >= 0.6 is 0 Å². The molecule has 8 atom stereocenters. The van der Waals surface area contributed by atoms with E-state index < -0.39 is 90.3 Å². The number of amides is 6. The van der Waals surface area contributed by atoms with Gasteiger partial charge in [0.25, 0.3) is 0 Å². The van der Waals surface area contributed by atoms with Crippen molar-refractivity contribution < 1.29 is 54.0 Å². The molecule has 2 heterocycles. The molecule has 10 N–H and O–H groups in total. The highest BCUT2D eigenvalue weighted by molar-refractivity contribution is 5.97. The van der Waals surface area contributed by atoms with Crippen molar-refractivity contribution in [2.24, 2.45) is 17.6 Å². The molecular formula is C43H61N7O11. The number of carbonyl (C=O) groups is 7. The fourth-order valence-corrected chi connectivity index (χ4v) is 7.68. The zero-order chi connectivity index (χ0) is 45.0. The molecule has 2 aromatic rings. The second-order valence-electron chi connectivity index (χ2n) is 16.4. The molecule has 0 unspecified atom stereocenters. The minimum atomic E-state index is -1.33. The second kappa shape index (κ2) is 22.2. The Labute approximate surface area is 355 Å². The SMILES string of the molecule is CC[C@H](C)[C@H](NC(=O)[C@@H](N)CO)C(=O)N[C@@H](CC(C)C)C(=O)N1CCC[C@H]1C(=O)N[C@@H](Cc1ccc(O)cc1)C(=O)N1CCC[C@H]1C(=O)N[C@@H](Cc1ccc(O)cc1)C(=O)O. The van der Waals surface area contributed by atoms with Crippen molar-refractivity contribution in [1.29, 1.82) is 0 Å². The maximum Gasteiger partial charge on any atom is 0.326 e. The van der Waals surface area contributed by atoms with E-state index in [2.05, 4.69) is 21.3 Å². The monoisotopic (exact) mass is 851 g/mol. The lowest BCUT2D eigenvalue weighted by Crippen LogP contribution is -2.60. The summed E-state index contributed by atoms with van der Waals surface area (Å²) in [6.45, 7) is 7.06. The highest BCUT2D eigenvalue weighted by Crippen LogP contribution is 2.24. The zero-order valence-electron chi connectivity index (χ0n) is 35.2. The van der Waals surface area contributed by atoms with Crippen LogP contribution < -0.4 is 27.0 Å². The Balaban J connectivity index is 1.54.